The number of carboxylic acids is 1. The van der Waals surface area contributed by atoms with Gasteiger partial charge in [0.2, 0.25) is 5.91 Å². The Morgan fingerprint density at radius 2 is 1.31 bits per heavy atom. The number of aromatic hydroxyl groups is 1. The van der Waals surface area contributed by atoms with Crippen molar-refractivity contribution in [1.82, 2.24) is 10.2 Å². The number of carbonyl (C=O) groups excluding carboxylic acids is 3. The van der Waals surface area contributed by atoms with Gasteiger partial charge in [-0.25, -0.2) is 9.69 Å². The maximum atomic E-state index is 15.5. The van der Waals surface area contributed by atoms with Gasteiger partial charge in [-0.2, -0.15) is 0 Å². The molecule has 0 bridgehead atoms. The van der Waals surface area contributed by atoms with Crippen molar-refractivity contribution in [3.63, 3.8) is 0 Å². The van der Waals surface area contributed by atoms with E-state index in [9.17, 15) is 24.6 Å². The average Bonchev–Trinajstić information content (AvgIpc) is 3.63. The van der Waals surface area contributed by atoms with Gasteiger partial charge in [0.15, 0.2) is 0 Å². The summed E-state index contributed by atoms with van der Waals surface area (Å²) >= 11 is 0. The quantitative estimate of drug-likeness (QED) is 0.169. The fourth-order valence-corrected chi connectivity index (χ4v) is 8.57. The van der Waals surface area contributed by atoms with Gasteiger partial charge in [-0.1, -0.05) is 121 Å². The summed E-state index contributed by atoms with van der Waals surface area (Å²) in [6.45, 7) is 1.80. The first-order valence-electron chi connectivity index (χ1n) is 17.1. The largest absolute Gasteiger partial charge is 0.508 e. The molecular weight excluding hydrogens is 658 g/mol. The summed E-state index contributed by atoms with van der Waals surface area (Å²) in [5, 5.41) is 24.6. The van der Waals surface area contributed by atoms with Gasteiger partial charge in [0.1, 0.15) is 29.2 Å². The van der Waals surface area contributed by atoms with Crippen molar-refractivity contribution in [3.05, 3.63) is 167 Å². The topological polar surface area (TPSA) is 136 Å². The maximum absolute atomic E-state index is 15.5. The van der Waals surface area contributed by atoms with E-state index in [-0.39, 0.29) is 11.4 Å². The van der Waals surface area contributed by atoms with Crippen LogP contribution in [0.3, 0.4) is 0 Å². The molecule has 3 N–H and O–H groups in total. The number of carboxylic acid groups (broad SMARTS) is 1. The molecule has 3 aliphatic rings. The van der Waals surface area contributed by atoms with Crippen LogP contribution in [0, 0.1) is 5.92 Å². The minimum Gasteiger partial charge on any atom is -0.508 e. The Bertz CT molecular complexity index is 2160. The predicted octanol–water partition coefficient (Wildman–Crippen LogP) is 6.61. The number of cyclic esters (lactones) is 1. The molecule has 10 nitrogen and oxygen atoms in total. The monoisotopic (exact) mass is 693 g/mol. The first kappa shape index (κ1) is 32.9. The zero-order chi connectivity index (χ0) is 36.1. The SMILES string of the molecule is C[C@@H](NC(=O)N1C(=O)[C@@]2(c3ccccc31)[C@H](c1ccc(O)cc1)N1[C@H](c3ccccc3)[C@H](c3ccccc3)OC(=O)[C@H]1[C@@H]2C(=O)O)c1ccccc1. The first-order valence-corrected chi connectivity index (χ1v) is 17.1. The van der Waals surface area contributed by atoms with Gasteiger partial charge in [-0.15, -0.1) is 0 Å². The van der Waals surface area contributed by atoms with Crippen molar-refractivity contribution in [1.29, 1.82) is 0 Å². The van der Waals surface area contributed by atoms with E-state index in [4.69, 9.17) is 4.74 Å². The van der Waals surface area contributed by atoms with Gasteiger partial charge in [-0.05, 0) is 52.9 Å². The molecule has 52 heavy (non-hydrogen) atoms. The Morgan fingerprint density at radius 3 is 1.94 bits per heavy atom. The van der Waals surface area contributed by atoms with E-state index < -0.39 is 65.5 Å². The molecule has 7 atom stereocenters. The Labute approximate surface area is 299 Å². The van der Waals surface area contributed by atoms with Crippen molar-refractivity contribution >= 4 is 29.6 Å². The molecule has 3 amide bonds. The number of imide groups is 1. The number of carbonyl (C=O) groups is 4. The normalized spacial score (nSPS) is 25.6. The van der Waals surface area contributed by atoms with Crippen molar-refractivity contribution < 1.29 is 34.1 Å². The smallest absolute Gasteiger partial charge is 0.329 e. The standard InChI is InChI=1S/C42H35N3O7/c1-25(26-13-5-2-6-14-26)43-41(51)44-32-20-12-11-19-31(32)42(40(44)50)33(38(47)48)35-39(49)52-36(28-17-9-4-10-18-28)34(27-15-7-3-8-16-27)45(35)37(42)29-21-23-30(46)24-22-29/h2-25,33-37,46H,1H3,(H,43,51)(H,47,48)/t25-,33-,34-,35-,36+,37+,42-/m1/s1. The Morgan fingerprint density at radius 1 is 0.731 bits per heavy atom. The second kappa shape index (κ2) is 12.8. The highest BCUT2D eigenvalue weighted by molar-refractivity contribution is 6.24. The number of hydrogen-bond donors (Lipinski definition) is 3. The van der Waals surface area contributed by atoms with E-state index in [1.54, 1.807) is 43.3 Å². The number of para-hydroxylation sites is 1. The second-order valence-corrected chi connectivity index (χ2v) is 13.4. The number of phenolic OH excluding ortho intramolecular Hbond substituents is 1. The minimum atomic E-state index is -1.99. The molecule has 10 heteroatoms. The zero-order valence-electron chi connectivity index (χ0n) is 28.1. The van der Waals surface area contributed by atoms with Crippen molar-refractivity contribution in [2.45, 2.75) is 42.6 Å². The Kier molecular flexibility index (Phi) is 8.11. The molecule has 0 saturated carbocycles. The summed E-state index contributed by atoms with van der Waals surface area (Å²) in [6, 6.07) is 36.2. The van der Waals surface area contributed by atoms with Crippen LogP contribution in [-0.4, -0.2) is 45.0 Å². The number of ether oxygens (including phenoxy) is 1. The molecule has 8 rings (SSSR count). The van der Waals surface area contributed by atoms with Crippen molar-refractivity contribution in [2.24, 2.45) is 5.92 Å². The fourth-order valence-electron chi connectivity index (χ4n) is 8.57. The third-order valence-electron chi connectivity index (χ3n) is 10.7. The average molecular weight is 694 g/mol. The van der Waals surface area contributed by atoms with Gasteiger partial charge in [0.25, 0.3) is 0 Å². The number of urea groups is 1. The minimum absolute atomic E-state index is 0.0315. The van der Waals surface area contributed by atoms with Gasteiger partial charge in [0, 0.05) is 0 Å². The van der Waals surface area contributed by atoms with Crippen molar-refractivity contribution in [2.75, 3.05) is 4.90 Å². The third-order valence-corrected chi connectivity index (χ3v) is 10.7. The van der Waals surface area contributed by atoms with Gasteiger partial charge < -0.3 is 20.3 Å². The molecule has 5 aromatic rings. The summed E-state index contributed by atoms with van der Waals surface area (Å²) in [6.07, 6.45) is -0.880. The lowest BCUT2D eigenvalue weighted by molar-refractivity contribution is -0.179. The van der Waals surface area contributed by atoms with E-state index in [2.05, 4.69) is 5.32 Å². The molecular formula is C42H35N3O7. The lowest BCUT2D eigenvalue weighted by Gasteiger charge is -2.46. The van der Waals surface area contributed by atoms with Crippen LogP contribution in [-0.2, 0) is 24.5 Å². The van der Waals surface area contributed by atoms with Crippen LogP contribution in [0.1, 0.15) is 59.0 Å². The van der Waals surface area contributed by atoms with Crippen LogP contribution in [0.5, 0.6) is 5.75 Å². The van der Waals surface area contributed by atoms with Crippen LogP contribution < -0.4 is 10.2 Å². The van der Waals surface area contributed by atoms with E-state index in [0.29, 0.717) is 16.7 Å². The number of amides is 3. The number of esters is 1. The van der Waals surface area contributed by atoms with Crippen LogP contribution in [0.4, 0.5) is 10.5 Å². The number of rotatable bonds is 6. The van der Waals surface area contributed by atoms with Gasteiger partial charge in [-0.3, -0.25) is 19.3 Å². The number of hydrogen-bond acceptors (Lipinski definition) is 7. The van der Waals surface area contributed by atoms with Gasteiger partial charge in [0.05, 0.1) is 23.8 Å². The second-order valence-electron chi connectivity index (χ2n) is 13.4. The van der Waals surface area contributed by atoms with E-state index in [1.165, 1.54) is 12.1 Å². The molecule has 260 valence electrons. The van der Waals surface area contributed by atoms with Crippen LogP contribution in [0.2, 0.25) is 0 Å². The highest BCUT2D eigenvalue weighted by Gasteiger charge is 2.75. The molecule has 5 aromatic carbocycles. The molecule has 0 aromatic heterocycles. The summed E-state index contributed by atoms with van der Waals surface area (Å²) in [5.74, 6) is -4.67. The zero-order valence-corrected chi connectivity index (χ0v) is 28.1. The number of benzene rings is 5. The number of anilines is 1. The number of nitrogens with one attached hydrogen (secondary N) is 1. The highest BCUT2D eigenvalue weighted by atomic mass is 16.6. The van der Waals surface area contributed by atoms with E-state index in [1.807, 2.05) is 95.9 Å². The number of morpholine rings is 1. The Hall–Kier alpha value is -6.26. The molecule has 0 aliphatic carbocycles. The summed E-state index contributed by atoms with van der Waals surface area (Å²) in [5.41, 5.74) is 1.27. The summed E-state index contributed by atoms with van der Waals surface area (Å²) in [4.78, 5) is 61.0. The summed E-state index contributed by atoms with van der Waals surface area (Å²) < 4.78 is 6.25. The maximum Gasteiger partial charge on any atom is 0.329 e. The molecule has 2 saturated heterocycles. The van der Waals surface area contributed by atoms with Crippen molar-refractivity contribution in [3.8, 4) is 5.75 Å². The fraction of sp³-hybridized carbons (Fsp3) is 0.190. The highest BCUT2D eigenvalue weighted by Crippen LogP contribution is 2.65. The van der Waals surface area contributed by atoms with Gasteiger partial charge >= 0.3 is 18.0 Å². The molecule has 0 unspecified atom stereocenters. The predicted molar refractivity (Wildman–Crippen MR) is 191 cm³/mol. The molecule has 0 radical (unpaired) electrons. The number of phenols is 1. The lowest BCUT2D eigenvalue weighted by Crippen LogP contribution is -2.54. The molecule has 2 fully saturated rings. The lowest BCUT2D eigenvalue weighted by atomic mass is 9.65. The van der Waals surface area contributed by atoms with Crippen LogP contribution >= 0.6 is 0 Å². The number of fused-ring (bicyclic) bond motifs is 3. The molecule has 1 spiro atoms. The van der Waals surface area contributed by atoms with E-state index >= 15 is 4.79 Å². The summed E-state index contributed by atoms with van der Waals surface area (Å²) in [7, 11) is 0. The number of aliphatic carboxylic acids is 1. The van der Waals surface area contributed by atoms with E-state index in [0.717, 1.165) is 16.0 Å². The van der Waals surface area contributed by atoms with Crippen LogP contribution in [0.25, 0.3) is 0 Å². The first-order chi connectivity index (χ1) is 25.2. The third kappa shape index (κ3) is 4.97. The number of nitrogens with zero attached hydrogens (tertiary/aromatic N) is 2. The molecule has 3 aliphatic heterocycles. The molecule has 3 heterocycles. The Balaban J connectivity index is 1.37. The van der Waals surface area contributed by atoms with Crippen LogP contribution in [0.15, 0.2) is 140 Å².